The van der Waals surface area contributed by atoms with Crippen molar-refractivity contribution in [2.24, 2.45) is 5.73 Å². The molecule has 1 amide bonds. The molecule has 0 bridgehead atoms. The summed E-state index contributed by atoms with van der Waals surface area (Å²) in [6.07, 6.45) is 7.60. The first kappa shape index (κ1) is 17.7. The van der Waals surface area contributed by atoms with Gasteiger partial charge in [-0.05, 0) is 72.3 Å². The predicted octanol–water partition coefficient (Wildman–Crippen LogP) is 1.18. The number of amides is 1. The Morgan fingerprint density at radius 3 is 2.41 bits per heavy atom. The molecular formula is C17H34N4O. The summed E-state index contributed by atoms with van der Waals surface area (Å²) in [4.78, 5) is 17.1. The van der Waals surface area contributed by atoms with Gasteiger partial charge in [-0.3, -0.25) is 9.69 Å². The van der Waals surface area contributed by atoms with Crippen LogP contribution in [0.3, 0.4) is 0 Å². The lowest BCUT2D eigenvalue weighted by Crippen LogP contribution is -2.61. The molecule has 3 N–H and O–H groups in total. The topological polar surface area (TPSA) is 61.6 Å². The van der Waals surface area contributed by atoms with Crippen molar-refractivity contribution in [3.05, 3.63) is 0 Å². The average molecular weight is 310 g/mol. The zero-order valence-corrected chi connectivity index (χ0v) is 14.4. The van der Waals surface area contributed by atoms with Gasteiger partial charge in [0.25, 0.3) is 0 Å². The molecule has 128 valence electrons. The summed E-state index contributed by atoms with van der Waals surface area (Å²) in [5.74, 6) is 0.160. The SMILES string of the molecule is CC(N)CCC(=O)NCC1(N2CCCCC2)CCN(C)CC1. The van der Waals surface area contributed by atoms with Crippen molar-refractivity contribution < 1.29 is 4.79 Å². The Hall–Kier alpha value is -0.650. The number of carbonyl (C=O) groups excluding carboxylic acids is 1. The second-order valence-electron chi connectivity index (χ2n) is 7.37. The first-order valence-corrected chi connectivity index (χ1v) is 8.98. The lowest BCUT2D eigenvalue weighted by atomic mass is 9.84. The second kappa shape index (κ2) is 8.27. The van der Waals surface area contributed by atoms with E-state index >= 15 is 0 Å². The molecule has 5 nitrogen and oxygen atoms in total. The van der Waals surface area contributed by atoms with E-state index in [1.165, 1.54) is 32.4 Å². The molecule has 2 aliphatic heterocycles. The van der Waals surface area contributed by atoms with Gasteiger partial charge in [0.05, 0.1) is 0 Å². The standard InChI is InChI=1S/C17H34N4O/c1-15(18)6-7-16(22)19-14-17(8-12-20(2)13-9-17)21-10-4-3-5-11-21/h15H,3-14,18H2,1-2H3,(H,19,22). The Balaban J connectivity index is 1.91. The number of nitrogens with zero attached hydrogens (tertiary/aromatic N) is 2. The van der Waals surface area contributed by atoms with E-state index in [9.17, 15) is 4.79 Å². The zero-order valence-electron chi connectivity index (χ0n) is 14.4. The Morgan fingerprint density at radius 1 is 1.18 bits per heavy atom. The predicted molar refractivity (Wildman–Crippen MR) is 90.8 cm³/mol. The highest BCUT2D eigenvalue weighted by molar-refractivity contribution is 5.76. The molecule has 0 aromatic rings. The largest absolute Gasteiger partial charge is 0.354 e. The molecule has 0 aliphatic carbocycles. The van der Waals surface area contributed by atoms with Crippen LogP contribution in [0, 0.1) is 0 Å². The monoisotopic (exact) mass is 310 g/mol. The van der Waals surface area contributed by atoms with Gasteiger partial charge >= 0.3 is 0 Å². The van der Waals surface area contributed by atoms with Crippen molar-refractivity contribution in [3.63, 3.8) is 0 Å². The molecule has 0 radical (unpaired) electrons. The van der Waals surface area contributed by atoms with Crippen LogP contribution in [-0.2, 0) is 4.79 Å². The highest BCUT2D eigenvalue weighted by Gasteiger charge is 2.39. The van der Waals surface area contributed by atoms with Gasteiger partial charge in [-0.25, -0.2) is 0 Å². The van der Waals surface area contributed by atoms with Crippen molar-refractivity contribution in [2.75, 3.05) is 39.8 Å². The molecule has 5 heteroatoms. The molecule has 2 rings (SSSR count). The molecule has 2 saturated heterocycles. The molecule has 22 heavy (non-hydrogen) atoms. The van der Waals surface area contributed by atoms with Gasteiger partial charge < -0.3 is 16.0 Å². The number of hydrogen-bond donors (Lipinski definition) is 2. The average Bonchev–Trinajstić information content (AvgIpc) is 2.53. The van der Waals surface area contributed by atoms with Gasteiger partial charge in [0.2, 0.25) is 5.91 Å². The molecule has 2 fully saturated rings. The molecule has 0 aromatic heterocycles. The van der Waals surface area contributed by atoms with E-state index in [1.807, 2.05) is 6.92 Å². The number of carbonyl (C=O) groups is 1. The summed E-state index contributed by atoms with van der Waals surface area (Å²) < 4.78 is 0. The minimum absolute atomic E-state index is 0.102. The van der Waals surface area contributed by atoms with Crippen LogP contribution in [-0.4, -0.2) is 67.1 Å². The molecular weight excluding hydrogens is 276 g/mol. The Kier molecular flexibility index (Phi) is 6.66. The summed E-state index contributed by atoms with van der Waals surface area (Å²) in [6, 6.07) is 0.102. The first-order chi connectivity index (χ1) is 10.5. The lowest BCUT2D eigenvalue weighted by Gasteiger charge is -2.50. The zero-order chi connectivity index (χ0) is 16.0. The minimum atomic E-state index is 0.102. The smallest absolute Gasteiger partial charge is 0.220 e. The van der Waals surface area contributed by atoms with Crippen molar-refractivity contribution >= 4 is 5.91 Å². The number of rotatable bonds is 6. The second-order valence-corrected chi connectivity index (χ2v) is 7.37. The summed E-state index contributed by atoms with van der Waals surface area (Å²) in [5.41, 5.74) is 5.92. The molecule has 0 aromatic carbocycles. The maximum absolute atomic E-state index is 12.1. The third kappa shape index (κ3) is 4.93. The van der Waals surface area contributed by atoms with Gasteiger partial charge in [0.15, 0.2) is 0 Å². The highest BCUT2D eigenvalue weighted by Crippen LogP contribution is 2.30. The van der Waals surface area contributed by atoms with E-state index in [1.54, 1.807) is 0 Å². The molecule has 0 saturated carbocycles. The highest BCUT2D eigenvalue weighted by atomic mass is 16.1. The van der Waals surface area contributed by atoms with E-state index in [4.69, 9.17) is 5.73 Å². The van der Waals surface area contributed by atoms with Crippen LogP contribution in [0.2, 0.25) is 0 Å². The van der Waals surface area contributed by atoms with Crippen molar-refractivity contribution in [1.29, 1.82) is 0 Å². The third-order valence-electron chi connectivity index (χ3n) is 5.39. The summed E-state index contributed by atoms with van der Waals surface area (Å²) in [5, 5.41) is 3.21. The molecule has 0 spiro atoms. The quantitative estimate of drug-likeness (QED) is 0.773. The fraction of sp³-hybridized carbons (Fsp3) is 0.941. The van der Waals surface area contributed by atoms with Gasteiger partial charge in [0.1, 0.15) is 0 Å². The number of likely N-dealkylation sites (tertiary alicyclic amines) is 2. The maximum atomic E-state index is 12.1. The number of piperidine rings is 2. The fourth-order valence-corrected chi connectivity index (χ4v) is 3.72. The molecule has 2 heterocycles. The fourth-order valence-electron chi connectivity index (χ4n) is 3.72. The number of hydrogen-bond acceptors (Lipinski definition) is 4. The van der Waals surface area contributed by atoms with Crippen LogP contribution in [0.4, 0.5) is 0 Å². The van der Waals surface area contributed by atoms with Crippen molar-refractivity contribution in [1.82, 2.24) is 15.1 Å². The van der Waals surface area contributed by atoms with Gasteiger partial charge in [0, 0.05) is 24.5 Å². The Morgan fingerprint density at radius 2 is 1.82 bits per heavy atom. The van der Waals surface area contributed by atoms with E-state index in [2.05, 4.69) is 22.2 Å². The van der Waals surface area contributed by atoms with Crippen molar-refractivity contribution in [3.8, 4) is 0 Å². The van der Waals surface area contributed by atoms with E-state index in [0.717, 1.165) is 38.9 Å². The van der Waals surface area contributed by atoms with Crippen LogP contribution in [0.5, 0.6) is 0 Å². The van der Waals surface area contributed by atoms with Gasteiger partial charge in [-0.15, -0.1) is 0 Å². The summed E-state index contributed by atoms with van der Waals surface area (Å²) in [6.45, 7) is 7.41. The summed E-state index contributed by atoms with van der Waals surface area (Å²) >= 11 is 0. The Labute approximate surface area is 135 Å². The van der Waals surface area contributed by atoms with Crippen LogP contribution >= 0.6 is 0 Å². The minimum Gasteiger partial charge on any atom is -0.354 e. The number of nitrogens with two attached hydrogens (primary N) is 1. The number of nitrogens with one attached hydrogen (secondary N) is 1. The maximum Gasteiger partial charge on any atom is 0.220 e. The molecule has 1 unspecified atom stereocenters. The van der Waals surface area contributed by atoms with Crippen LogP contribution in [0.1, 0.15) is 51.9 Å². The van der Waals surface area contributed by atoms with Crippen LogP contribution < -0.4 is 11.1 Å². The van der Waals surface area contributed by atoms with E-state index in [-0.39, 0.29) is 17.5 Å². The van der Waals surface area contributed by atoms with Crippen LogP contribution in [0.15, 0.2) is 0 Å². The van der Waals surface area contributed by atoms with E-state index < -0.39 is 0 Å². The van der Waals surface area contributed by atoms with E-state index in [0.29, 0.717) is 6.42 Å². The van der Waals surface area contributed by atoms with Crippen LogP contribution in [0.25, 0.3) is 0 Å². The first-order valence-electron chi connectivity index (χ1n) is 8.98. The van der Waals surface area contributed by atoms with Gasteiger partial charge in [-0.2, -0.15) is 0 Å². The Bertz CT molecular complexity index is 345. The normalized spacial score (nSPS) is 24.9. The lowest BCUT2D eigenvalue weighted by molar-refractivity contribution is -0.122. The third-order valence-corrected chi connectivity index (χ3v) is 5.39. The molecule has 2 aliphatic rings. The van der Waals surface area contributed by atoms with Crippen molar-refractivity contribution in [2.45, 2.75) is 63.5 Å². The van der Waals surface area contributed by atoms with Gasteiger partial charge in [-0.1, -0.05) is 6.42 Å². The molecule has 1 atom stereocenters. The summed E-state index contributed by atoms with van der Waals surface area (Å²) in [7, 11) is 2.20.